The van der Waals surface area contributed by atoms with Crippen LogP contribution in [0.2, 0.25) is 5.02 Å². The minimum atomic E-state index is -0.168. The molecule has 0 aliphatic rings. The first-order valence-corrected chi connectivity index (χ1v) is 6.48. The van der Waals surface area contributed by atoms with Crippen LogP contribution in [0.3, 0.4) is 0 Å². The number of rotatable bonds is 4. The number of carbonyl (C=O) groups excluding carboxylic acids is 2. The number of benzene rings is 1. The number of nitrogens with one attached hydrogen (secondary N) is 1. The zero-order chi connectivity index (χ0) is 14.5. The van der Waals surface area contributed by atoms with Gasteiger partial charge < -0.3 is 5.32 Å². The Balaban J connectivity index is 2.02. The summed E-state index contributed by atoms with van der Waals surface area (Å²) < 4.78 is 1.67. The Bertz CT molecular complexity index is 639. The number of carbonyl (C=O) groups is 2. The summed E-state index contributed by atoms with van der Waals surface area (Å²) in [5, 5.41) is 3.38. The van der Waals surface area contributed by atoms with E-state index in [1.54, 1.807) is 53.4 Å². The van der Waals surface area contributed by atoms with Crippen LogP contribution in [0.4, 0.5) is 5.69 Å². The molecule has 1 heterocycles. The lowest BCUT2D eigenvalue weighted by Gasteiger charge is -2.03. The van der Waals surface area contributed by atoms with Crippen LogP contribution in [-0.2, 0) is 11.3 Å². The summed E-state index contributed by atoms with van der Waals surface area (Å²) in [6.45, 7) is 1.64. The first kappa shape index (κ1) is 14.2. The van der Waals surface area contributed by atoms with Gasteiger partial charge in [0.25, 0.3) is 5.91 Å². The lowest BCUT2D eigenvalue weighted by molar-refractivity contribution is -0.684. The van der Waals surface area contributed by atoms with Crippen LogP contribution in [0, 0.1) is 0 Å². The number of hydrogen-bond donors (Lipinski definition) is 1. The number of anilines is 1. The number of aromatic nitrogens is 1. The molecule has 0 fully saturated rings. The van der Waals surface area contributed by atoms with Gasteiger partial charge in [-0.3, -0.25) is 9.59 Å². The molecule has 0 aliphatic heterocycles. The largest absolute Gasteiger partial charge is 0.321 e. The Morgan fingerprint density at radius 3 is 2.55 bits per heavy atom. The number of halogens is 1. The van der Waals surface area contributed by atoms with Gasteiger partial charge in [-0.2, -0.15) is 4.57 Å². The average Bonchev–Trinajstić information content (AvgIpc) is 2.41. The molecule has 0 radical (unpaired) electrons. The van der Waals surface area contributed by atoms with Gasteiger partial charge in [-0.15, -0.1) is 0 Å². The Hall–Kier alpha value is -2.20. The van der Waals surface area contributed by atoms with E-state index in [2.05, 4.69) is 5.32 Å². The molecular weight excluding hydrogens is 276 g/mol. The number of hydrogen-bond acceptors (Lipinski definition) is 2. The van der Waals surface area contributed by atoms with Gasteiger partial charge in [-0.25, -0.2) is 0 Å². The molecule has 5 heteroatoms. The maximum absolute atomic E-state index is 11.9. The van der Waals surface area contributed by atoms with Crippen LogP contribution in [0.5, 0.6) is 0 Å². The monoisotopic (exact) mass is 289 g/mol. The van der Waals surface area contributed by atoms with Crippen LogP contribution in [0.15, 0.2) is 48.8 Å². The second-order valence-electron chi connectivity index (χ2n) is 4.38. The van der Waals surface area contributed by atoms with Crippen molar-refractivity contribution < 1.29 is 14.2 Å². The third kappa shape index (κ3) is 3.90. The van der Waals surface area contributed by atoms with E-state index in [1.807, 2.05) is 0 Å². The molecule has 0 saturated carbocycles. The van der Waals surface area contributed by atoms with E-state index in [4.69, 9.17) is 11.6 Å². The van der Waals surface area contributed by atoms with Crippen molar-refractivity contribution in [1.82, 2.24) is 0 Å². The lowest BCUT2D eigenvalue weighted by atomic mass is 10.2. The summed E-state index contributed by atoms with van der Waals surface area (Å²) in [7, 11) is 0. The molecule has 0 aliphatic carbocycles. The van der Waals surface area contributed by atoms with Gasteiger partial charge >= 0.3 is 0 Å². The van der Waals surface area contributed by atoms with Crippen molar-refractivity contribution in [2.75, 3.05) is 5.32 Å². The zero-order valence-corrected chi connectivity index (χ0v) is 11.7. The molecule has 20 heavy (non-hydrogen) atoms. The van der Waals surface area contributed by atoms with E-state index in [0.29, 0.717) is 16.3 Å². The normalized spacial score (nSPS) is 10.1. The van der Waals surface area contributed by atoms with Crippen molar-refractivity contribution in [3.05, 3.63) is 59.4 Å². The smallest absolute Gasteiger partial charge is 0.290 e. The van der Waals surface area contributed by atoms with Gasteiger partial charge in [0.15, 0.2) is 18.2 Å². The predicted octanol–water partition coefficient (Wildman–Crippen LogP) is 2.47. The molecule has 0 unspecified atom stereocenters. The molecule has 0 atom stereocenters. The lowest BCUT2D eigenvalue weighted by Crippen LogP contribution is -2.40. The third-order valence-corrected chi connectivity index (χ3v) is 2.97. The van der Waals surface area contributed by atoms with E-state index in [0.717, 1.165) is 0 Å². The fourth-order valence-electron chi connectivity index (χ4n) is 1.73. The first-order valence-electron chi connectivity index (χ1n) is 6.10. The molecule has 1 aromatic carbocycles. The summed E-state index contributed by atoms with van der Waals surface area (Å²) in [4.78, 5) is 23.2. The second kappa shape index (κ2) is 6.30. The summed E-state index contributed by atoms with van der Waals surface area (Å²) in [6.07, 6.45) is 3.40. The van der Waals surface area contributed by atoms with Gasteiger partial charge in [0.05, 0.1) is 5.56 Å². The zero-order valence-electron chi connectivity index (χ0n) is 11.0. The number of nitrogens with zero attached hydrogens (tertiary/aromatic N) is 1. The van der Waals surface area contributed by atoms with Gasteiger partial charge in [0, 0.05) is 16.8 Å². The Morgan fingerprint density at radius 2 is 1.90 bits per heavy atom. The molecule has 1 N–H and O–H groups in total. The van der Waals surface area contributed by atoms with E-state index in [-0.39, 0.29) is 18.2 Å². The van der Waals surface area contributed by atoms with E-state index >= 15 is 0 Å². The third-order valence-electron chi connectivity index (χ3n) is 2.72. The standard InChI is InChI=1S/C15H13ClN2O2/c1-11(19)12-3-2-8-18(9-12)10-15(20)17-14-6-4-13(16)5-7-14/h2-9H,10H2,1H3/p+1. The van der Waals surface area contributed by atoms with Crippen molar-refractivity contribution in [2.24, 2.45) is 0 Å². The molecular formula is C15H14ClN2O2+. The summed E-state index contributed by atoms with van der Waals surface area (Å²) in [6, 6.07) is 10.3. The maximum atomic E-state index is 11.9. The van der Waals surface area contributed by atoms with Crippen molar-refractivity contribution in [2.45, 2.75) is 13.5 Å². The molecule has 2 aromatic rings. The van der Waals surface area contributed by atoms with Crippen molar-refractivity contribution >= 4 is 29.0 Å². The maximum Gasteiger partial charge on any atom is 0.290 e. The van der Waals surface area contributed by atoms with Crippen LogP contribution in [0.25, 0.3) is 0 Å². The second-order valence-corrected chi connectivity index (χ2v) is 4.81. The molecule has 0 saturated heterocycles. The highest BCUT2D eigenvalue weighted by Gasteiger charge is 2.11. The van der Waals surface area contributed by atoms with Crippen LogP contribution < -0.4 is 9.88 Å². The molecule has 102 valence electrons. The Labute approximate surface area is 122 Å². The highest BCUT2D eigenvalue weighted by molar-refractivity contribution is 6.30. The quantitative estimate of drug-likeness (QED) is 0.694. The van der Waals surface area contributed by atoms with Crippen molar-refractivity contribution in [3.63, 3.8) is 0 Å². The molecule has 2 rings (SSSR count). The number of ketones is 1. The van der Waals surface area contributed by atoms with E-state index < -0.39 is 0 Å². The fourth-order valence-corrected chi connectivity index (χ4v) is 1.85. The molecule has 4 nitrogen and oxygen atoms in total. The van der Waals surface area contributed by atoms with Gasteiger partial charge in [0.2, 0.25) is 6.54 Å². The molecule has 1 amide bonds. The summed E-state index contributed by atoms with van der Waals surface area (Å²) in [5.41, 5.74) is 1.26. The Morgan fingerprint density at radius 1 is 1.20 bits per heavy atom. The number of amides is 1. The SMILES string of the molecule is CC(=O)c1ccc[n+](CC(=O)Nc2ccc(Cl)cc2)c1. The molecule has 1 aromatic heterocycles. The summed E-state index contributed by atoms with van der Waals surface area (Å²) >= 11 is 5.78. The van der Waals surface area contributed by atoms with Crippen LogP contribution >= 0.6 is 11.6 Å². The van der Waals surface area contributed by atoms with Crippen molar-refractivity contribution in [3.8, 4) is 0 Å². The minimum absolute atomic E-state index is 0.0301. The van der Waals surface area contributed by atoms with Crippen LogP contribution in [-0.4, -0.2) is 11.7 Å². The average molecular weight is 290 g/mol. The van der Waals surface area contributed by atoms with E-state index in [1.165, 1.54) is 6.92 Å². The number of pyridine rings is 1. The highest BCUT2D eigenvalue weighted by atomic mass is 35.5. The number of Topliss-reactive ketones (excluding diaryl/α,β-unsaturated/α-hetero) is 1. The van der Waals surface area contributed by atoms with E-state index in [9.17, 15) is 9.59 Å². The van der Waals surface area contributed by atoms with Crippen LogP contribution in [0.1, 0.15) is 17.3 Å². The minimum Gasteiger partial charge on any atom is -0.321 e. The summed E-state index contributed by atoms with van der Waals surface area (Å²) in [5.74, 6) is -0.199. The predicted molar refractivity (Wildman–Crippen MR) is 76.7 cm³/mol. The molecule has 0 bridgehead atoms. The van der Waals surface area contributed by atoms with Crippen molar-refractivity contribution in [1.29, 1.82) is 0 Å². The molecule has 0 spiro atoms. The fraction of sp³-hybridized carbons (Fsp3) is 0.133. The van der Waals surface area contributed by atoms with Gasteiger partial charge in [-0.05, 0) is 37.3 Å². The van der Waals surface area contributed by atoms with Gasteiger partial charge in [0.1, 0.15) is 0 Å². The highest BCUT2D eigenvalue weighted by Crippen LogP contribution is 2.13. The Kier molecular flexibility index (Phi) is 4.48. The van der Waals surface area contributed by atoms with Gasteiger partial charge in [-0.1, -0.05) is 11.6 Å². The topological polar surface area (TPSA) is 50.0 Å². The first-order chi connectivity index (χ1) is 9.54.